The Kier molecular flexibility index (Phi) is 1.35. The topological polar surface area (TPSA) is 29.5 Å². The third kappa shape index (κ3) is 0.752. The van der Waals surface area contributed by atoms with Gasteiger partial charge in [-0.05, 0) is 19.8 Å². The van der Waals surface area contributed by atoms with Crippen LogP contribution in [0.2, 0.25) is 0 Å². The number of amides is 1. The van der Waals surface area contributed by atoms with Gasteiger partial charge >= 0.3 is 6.09 Å². The molecule has 64 valence electrons. The van der Waals surface area contributed by atoms with Crippen LogP contribution >= 0.6 is 0 Å². The molecule has 2 atom stereocenters. The molecule has 2 saturated heterocycles. The van der Waals surface area contributed by atoms with Crippen molar-refractivity contribution in [2.75, 3.05) is 6.54 Å². The Bertz CT molecular complexity index is 268. The maximum Gasteiger partial charge on any atom is 0.411 e. The lowest BCUT2D eigenvalue weighted by molar-refractivity contribution is 0.0967. The maximum atomic E-state index is 11.2. The Morgan fingerprint density at radius 2 is 2.58 bits per heavy atom. The number of cyclic esters (lactones) is 1. The lowest BCUT2D eigenvalue weighted by atomic mass is 9.96. The molecule has 1 amide bonds. The van der Waals surface area contributed by atoms with E-state index >= 15 is 0 Å². The Labute approximate surface area is 71.7 Å². The van der Waals surface area contributed by atoms with Crippen molar-refractivity contribution in [3.8, 4) is 12.3 Å². The van der Waals surface area contributed by atoms with E-state index in [4.69, 9.17) is 11.2 Å². The molecular formula is C9H11NO2. The Morgan fingerprint density at radius 1 is 1.83 bits per heavy atom. The highest BCUT2D eigenvalue weighted by Gasteiger charge is 2.51. The van der Waals surface area contributed by atoms with Crippen molar-refractivity contribution < 1.29 is 9.53 Å². The molecule has 2 aliphatic rings. The first kappa shape index (κ1) is 7.48. The number of ether oxygens (including phenoxy) is 1. The minimum absolute atomic E-state index is 0.106. The minimum atomic E-state index is -0.687. The molecule has 0 saturated carbocycles. The third-order valence-corrected chi connectivity index (χ3v) is 2.71. The molecule has 0 bridgehead atoms. The summed E-state index contributed by atoms with van der Waals surface area (Å²) in [5.41, 5.74) is -0.687. The second-order valence-corrected chi connectivity index (χ2v) is 3.47. The zero-order valence-electron chi connectivity index (χ0n) is 7.04. The van der Waals surface area contributed by atoms with Crippen LogP contribution in [0.4, 0.5) is 4.79 Å². The van der Waals surface area contributed by atoms with E-state index in [1.807, 2.05) is 0 Å². The number of hydrogen-bond donors (Lipinski definition) is 0. The number of hydrogen-bond acceptors (Lipinski definition) is 2. The smallest absolute Gasteiger partial charge is 0.411 e. The molecule has 0 spiro atoms. The van der Waals surface area contributed by atoms with Crippen LogP contribution in [0.5, 0.6) is 0 Å². The van der Waals surface area contributed by atoms with Crippen LogP contribution in [0, 0.1) is 12.3 Å². The quantitative estimate of drug-likeness (QED) is 0.501. The summed E-state index contributed by atoms with van der Waals surface area (Å²) in [7, 11) is 0. The fourth-order valence-corrected chi connectivity index (χ4v) is 1.99. The van der Waals surface area contributed by atoms with Gasteiger partial charge in [-0.25, -0.2) is 4.79 Å². The van der Waals surface area contributed by atoms with Crippen LogP contribution in [-0.2, 0) is 4.74 Å². The van der Waals surface area contributed by atoms with Gasteiger partial charge in [-0.2, -0.15) is 0 Å². The van der Waals surface area contributed by atoms with Crippen LogP contribution in [0.1, 0.15) is 19.8 Å². The molecule has 0 aromatic carbocycles. The third-order valence-electron chi connectivity index (χ3n) is 2.71. The zero-order valence-corrected chi connectivity index (χ0v) is 7.04. The monoisotopic (exact) mass is 165 g/mol. The van der Waals surface area contributed by atoms with Gasteiger partial charge < -0.3 is 9.64 Å². The summed E-state index contributed by atoms with van der Waals surface area (Å²) in [6.07, 6.45) is 7.08. The molecule has 3 nitrogen and oxygen atoms in total. The Hall–Kier alpha value is -1.17. The van der Waals surface area contributed by atoms with Crippen LogP contribution < -0.4 is 0 Å². The molecule has 0 aliphatic carbocycles. The van der Waals surface area contributed by atoms with E-state index < -0.39 is 5.60 Å². The van der Waals surface area contributed by atoms with E-state index in [1.54, 1.807) is 11.8 Å². The van der Waals surface area contributed by atoms with E-state index in [0.29, 0.717) is 0 Å². The van der Waals surface area contributed by atoms with Crippen molar-refractivity contribution >= 4 is 6.09 Å². The largest absolute Gasteiger partial charge is 0.428 e. The standard InChI is InChI=1S/C9H11NO2/c1-3-9(2)7-5-4-6-10(7)8(11)12-9/h1,7H,4-6H2,2H3/t7-,9-/m0/s1. The highest BCUT2D eigenvalue weighted by molar-refractivity contribution is 5.73. The Morgan fingerprint density at radius 3 is 3.25 bits per heavy atom. The van der Waals surface area contributed by atoms with E-state index in [2.05, 4.69) is 5.92 Å². The average Bonchev–Trinajstić information content (AvgIpc) is 2.58. The van der Waals surface area contributed by atoms with Crippen LogP contribution in [0.15, 0.2) is 0 Å². The molecule has 2 heterocycles. The molecule has 0 N–H and O–H groups in total. The Balaban J connectivity index is 2.32. The lowest BCUT2D eigenvalue weighted by Crippen LogP contribution is -2.38. The van der Waals surface area contributed by atoms with Crippen LogP contribution in [0.3, 0.4) is 0 Å². The molecule has 2 fully saturated rings. The van der Waals surface area contributed by atoms with Gasteiger partial charge in [0, 0.05) is 6.54 Å². The number of fused-ring (bicyclic) bond motifs is 1. The maximum absolute atomic E-state index is 11.2. The number of nitrogens with zero attached hydrogens (tertiary/aromatic N) is 1. The number of rotatable bonds is 0. The van der Waals surface area contributed by atoms with E-state index in [1.165, 1.54) is 0 Å². The van der Waals surface area contributed by atoms with Crippen LogP contribution in [-0.4, -0.2) is 29.2 Å². The second-order valence-electron chi connectivity index (χ2n) is 3.47. The number of carbonyl (C=O) groups is 1. The predicted octanol–water partition coefficient (Wildman–Crippen LogP) is 0.993. The fraction of sp³-hybridized carbons (Fsp3) is 0.667. The van der Waals surface area contributed by atoms with Gasteiger partial charge in [0.25, 0.3) is 0 Å². The molecule has 0 aromatic rings. The first-order valence-electron chi connectivity index (χ1n) is 4.15. The fourth-order valence-electron chi connectivity index (χ4n) is 1.99. The number of terminal acetylenes is 1. The highest BCUT2D eigenvalue weighted by atomic mass is 16.6. The van der Waals surface area contributed by atoms with E-state index in [9.17, 15) is 4.79 Å². The molecule has 12 heavy (non-hydrogen) atoms. The number of carbonyl (C=O) groups excluding carboxylic acids is 1. The van der Waals surface area contributed by atoms with Crippen molar-refractivity contribution in [2.24, 2.45) is 0 Å². The normalized spacial score (nSPS) is 39.2. The first-order chi connectivity index (χ1) is 5.67. The van der Waals surface area contributed by atoms with Crippen molar-refractivity contribution in [3.63, 3.8) is 0 Å². The lowest BCUT2D eigenvalue weighted by Gasteiger charge is -2.21. The first-order valence-corrected chi connectivity index (χ1v) is 4.15. The summed E-state index contributed by atoms with van der Waals surface area (Å²) in [5, 5.41) is 0. The van der Waals surface area contributed by atoms with Crippen molar-refractivity contribution in [2.45, 2.75) is 31.4 Å². The van der Waals surface area contributed by atoms with Crippen LogP contribution in [0.25, 0.3) is 0 Å². The van der Waals surface area contributed by atoms with E-state index in [-0.39, 0.29) is 12.1 Å². The van der Waals surface area contributed by atoms with Crippen molar-refractivity contribution in [1.82, 2.24) is 4.90 Å². The van der Waals surface area contributed by atoms with Gasteiger partial charge in [0.1, 0.15) is 0 Å². The molecule has 0 radical (unpaired) electrons. The zero-order chi connectivity index (χ0) is 8.77. The highest BCUT2D eigenvalue weighted by Crippen LogP contribution is 2.36. The molecule has 3 heteroatoms. The molecule has 0 aromatic heterocycles. The summed E-state index contributed by atoms with van der Waals surface area (Å²) in [4.78, 5) is 13.0. The van der Waals surface area contributed by atoms with Crippen molar-refractivity contribution in [1.29, 1.82) is 0 Å². The summed E-state index contributed by atoms with van der Waals surface area (Å²) in [6.45, 7) is 2.60. The van der Waals surface area contributed by atoms with Gasteiger partial charge in [0.2, 0.25) is 0 Å². The molecule has 2 aliphatic heterocycles. The van der Waals surface area contributed by atoms with Gasteiger partial charge in [-0.1, -0.05) is 5.92 Å². The summed E-state index contributed by atoms with van der Waals surface area (Å²) < 4.78 is 5.12. The second kappa shape index (κ2) is 2.16. The summed E-state index contributed by atoms with van der Waals surface area (Å²) >= 11 is 0. The predicted molar refractivity (Wildman–Crippen MR) is 43.4 cm³/mol. The van der Waals surface area contributed by atoms with Crippen molar-refractivity contribution in [3.05, 3.63) is 0 Å². The van der Waals surface area contributed by atoms with E-state index in [0.717, 1.165) is 19.4 Å². The molecule has 0 unspecified atom stereocenters. The summed E-state index contributed by atoms with van der Waals surface area (Å²) in [6, 6.07) is 0.106. The SMILES string of the molecule is C#C[C@]1(C)OC(=O)N2CCC[C@H]21. The summed E-state index contributed by atoms with van der Waals surface area (Å²) in [5.74, 6) is 2.56. The van der Waals surface area contributed by atoms with Gasteiger partial charge in [0.05, 0.1) is 6.04 Å². The average molecular weight is 165 g/mol. The minimum Gasteiger partial charge on any atom is -0.428 e. The van der Waals surface area contributed by atoms with Gasteiger partial charge in [-0.3, -0.25) is 0 Å². The molecule has 2 rings (SSSR count). The molecular weight excluding hydrogens is 154 g/mol. The van der Waals surface area contributed by atoms with Gasteiger partial charge in [0.15, 0.2) is 5.60 Å². The van der Waals surface area contributed by atoms with Gasteiger partial charge in [-0.15, -0.1) is 6.42 Å².